The predicted molar refractivity (Wildman–Crippen MR) is 184 cm³/mol. The summed E-state index contributed by atoms with van der Waals surface area (Å²) in [4.78, 5) is 31.2. The second kappa shape index (κ2) is 14.0. The normalized spacial score (nSPS) is 11.0. The van der Waals surface area contributed by atoms with Crippen LogP contribution in [0.3, 0.4) is 0 Å². The lowest BCUT2D eigenvalue weighted by Gasteiger charge is -2.09. The molecule has 0 atom stereocenters. The number of benzene rings is 1. The van der Waals surface area contributed by atoms with Gasteiger partial charge in [-0.25, -0.2) is 19.9 Å². The van der Waals surface area contributed by atoms with Crippen LogP contribution in [0.5, 0.6) is 0 Å². The van der Waals surface area contributed by atoms with Crippen molar-refractivity contribution in [2.75, 3.05) is 11.9 Å². The molecule has 1 N–H and O–H groups in total. The van der Waals surface area contributed by atoms with Crippen molar-refractivity contribution in [1.82, 2.24) is 29.9 Å². The van der Waals surface area contributed by atoms with Gasteiger partial charge in [-0.3, -0.25) is 9.97 Å². The molecule has 44 heavy (non-hydrogen) atoms. The van der Waals surface area contributed by atoms with Crippen molar-refractivity contribution >= 4 is 60.5 Å². The Morgan fingerprint density at radius 1 is 0.659 bits per heavy atom. The number of halogens is 1. The van der Waals surface area contributed by atoms with Gasteiger partial charge in [-0.15, -0.1) is 22.7 Å². The molecule has 0 aliphatic carbocycles. The van der Waals surface area contributed by atoms with Gasteiger partial charge in [0.2, 0.25) is 0 Å². The fourth-order valence-electron chi connectivity index (χ4n) is 4.62. The Balaban J connectivity index is 0.000000167. The number of thiophene rings is 2. The zero-order valence-electron chi connectivity index (χ0n) is 24.4. The van der Waals surface area contributed by atoms with Gasteiger partial charge in [-0.1, -0.05) is 55.8 Å². The molecular formula is C34H30ClN7S2. The lowest BCUT2D eigenvalue weighted by atomic mass is 10.1. The largest absolute Gasteiger partial charge is 0.369 e. The number of nitrogens with zero attached hydrogens (tertiary/aromatic N) is 6. The second-order valence-electron chi connectivity index (χ2n) is 9.94. The van der Waals surface area contributed by atoms with Crippen molar-refractivity contribution in [3.8, 4) is 22.8 Å². The van der Waals surface area contributed by atoms with E-state index in [2.05, 4.69) is 75.5 Å². The van der Waals surface area contributed by atoms with Gasteiger partial charge >= 0.3 is 0 Å². The number of pyridine rings is 2. The van der Waals surface area contributed by atoms with Gasteiger partial charge in [0.25, 0.3) is 0 Å². The minimum atomic E-state index is 0.516. The Hall–Kier alpha value is -4.31. The van der Waals surface area contributed by atoms with Crippen LogP contribution in [0.15, 0.2) is 91.5 Å². The molecule has 0 saturated carbocycles. The topological polar surface area (TPSA) is 89.4 Å². The van der Waals surface area contributed by atoms with Gasteiger partial charge in [-0.05, 0) is 61.2 Å². The molecule has 7 nitrogen and oxygen atoms in total. The van der Waals surface area contributed by atoms with Gasteiger partial charge < -0.3 is 5.32 Å². The summed E-state index contributed by atoms with van der Waals surface area (Å²) >= 11 is 9.63. The molecular weight excluding hydrogens is 606 g/mol. The van der Waals surface area contributed by atoms with Crippen LogP contribution in [0, 0.1) is 0 Å². The first-order valence-corrected chi connectivity index (χ1v) is 16.5. The standard InChI is InChI=1S/C21H20N4S.C13H10ClN3S/c1-2-17-14-18-20(23-13-8-15-6-4-3-5-7-15)24-19(25-21(18)26-17)16-9-11-22-12-10-16;1-2-9-7-10-11(14)16-12(17-13(10)18-9)8-3-5-15-6-4-8/h3-7,9-12,14H,2,8,13H2,1H3,(H,23,24,25);3-7H,2H2,1H3. The van der Waals surface area contributed by atoms with Gasteiger partial charge in [0.05, 0.1) is 5.39 Å². The van der Waals surface area contributed by atoms with Crippen molar-refractivity contribution < 1.29 is 0 Å². The highest BCUT2D eigenvalue weighted by Gasteiger charge is 2.13. The zero-order chi connectivity index (χ0) is 30.3. The summed E-state index contributed by atoms with van der Waals surface area (Å²) in [7, 11) is 0. The number of anilines is 1. The monoisotopic (exact) mass is 635 g/mol. The van der Waals surface area contributed by atoms with Crippen molar-refractivity contribution in [3.05, 3.63) is 112 Å². The first kappa shape index (κ1) is 29.7. The molecule has 0 spiro atoms. The van der Waals surface area contributed by atoms with E-state index in [0.717, 1.165) is 69.0 Å². The lowest BCUT2D eigenvalue weighted by molar-refractivity contribution is 1.01. The number of hydrogen-bond donors (Lipinski definition) is 1. The summed E-state index contributed by atoms with van der Waals surface area (Å²) in [6, 6.07) is 22.4. The quantitative estimate of drug-likeness (QED) is 0.167. The molecule has 0 radical (unpaired) electrons. The smallest absolute Gasteiger partial charge is 0.163 e. The third kappa shape index (κ3) is 6.91. The van der Waals surface area contributed by atoms with Crippen molar-refractivity contribution in [2.45, 2.75) is 33.1 Å². The van der Waals surface area contributed by atoms with Crippen LogP contribution >= 0.6 is 34.3 Å². The number of aromatic nitrogens is 6. The fourth-order valence-corrected chi connectivity index (χ4v) is 6.84. The summed E-state index contributed by atoms with van der Waals surface area (Å²) in [6.07, 6.45) is 9.96. The molecule has 0 unspecified atom stereocenters. The first-order valence-electron chi connectivity index (χ1n) is 14.5. The molecule has 0 saturated heterocycles. The molecule has 6 aromatic heterocycles. The Kier molecular flexibility index (Phi) is 9.45. The zero-order valence-corrected chi connectivity index (χ0v) is 26.8. The van der Waals surface area contributed by atoms with E-state index < -0.39 is 0 Å². The molecule has 0 amide bonds. The third-order valence-corrected chi connectivity index (χ3v) is 9.60. The Morgan fingerprint density at radius 2 is 1.20 bits per heavy atom. The molecule has 0 aliphatic heterocycles. The Morgan fingerprint density at radius 3 is 1.80 bits per heavy atom. The third-order valence-electron chi connectivity index (χ3n) is 6.96. The Labute approximate surface area is 269 Å². The number of hydrogen-bond acceptors (Lipinski definition) is 9. The summed E-state index contributed by atoms with van der Waals surface area (Å²) in [5.41, 5.74) is 3.24. The van der Waals surface area contributed by atoms with Crippen LogP contribution in [-0.4, -0.2) is 36.4 Å². The van der Waals surface area contributed by atoms with E-state index in [1.807, 2.05) is 30.3 Å². The summed E-state index contributed by atoms with van der Waals surface area (Å²) in [5, 5.41) is 6.09. The predicted octanol–water partition coefficient (Wildman–Crippen LogP) is 8.94. The molecule has 7 aromatic rings. The molecule has 0 aliphatic rings. The maximum atomic E-state index is 6.22. The number of fused-ring (bicyclic) bond motifs is 2. The minimum Gasteiger partial charge on any atom is -0.369 e. The number of aryl methyl sites for hydroxylation is 2. The fraction of sp³-hybridized carbons (Fsp3) is 0.176. The van der Waals surface area contributed by atoms with Gasteiger partial charge in [-0.2, -0.15) is 0 Å². The summed E-state index contributed by atoms with van der Waals surface area (Å²) in [5.74, 6) is 2.31. The SMILES string of the molecule is CCc1cc2c(Cl)nc(-c3ccncc3)nc2s1.CCc1cc2c(NCCc3ccccc3)nc(-c3ccncc3)nc2s1. The van der Waals surface area contributed by atoms with Crippen LogP contribution in [0.2, 0.25) is 5.15 Å². The van der Waals surface area contributed by atoms with Crippen molar-refractivity contribution in [2.24, 2.45) is 0 Å². The van der Waals surface area contributed by atoms with Crippen LogP contribution in [0.4, 0.5) is 5.82 Å². The average Bonchev–Trinajstić information content (AvgIpc) is 3.71. The molecule has 220 valence electrons. The van der Waals surface area contributed by atoms with E-state index in [-0.39, 0.29) is 0 Å². The highest BCUT2D eigenvalue weighted by atomic mass is 35.5. The van der Waals surface area contributed by atoms with Crippen LogP contribution < -0.4 is 5.32 Å². The number of nitrogens with one attached hydrogen (secondary N) is 1. The van der Waals surface area contributed by atoms with E-state index in [1.54, 1.807) is 47.5 Å². The summed E-state index contributed by atoms with van der Waals surface area (Å²) in [6.45, 7) is 5.13. The van der Waals surface area contributed by atoms with Gasteiger partial charge in [0.15, 0.2) is 11.6 Å². The van der Waals surface area contributed by atoms with E-state index in [0.29, 0.717) is 11.0 Å². The second-order valence-corrected chi connectivity index (χ2v) is 12.5. The van der Waals surface area contributed by atoms with E-state index in [1.165, 1.54) is 15.3 Å². The van der Waals surface area contributed by atoms with E-state index >= 15 is 0 Å². The van der Waals surface area contributed by atoms with Crippen LogP contribution in [0.1, 0.15) is 29.2 Å². The highest BCUT2D eigenvalue weighted by molar-refractivity contribution is 7.19. The van der Waals surface area contributed by atoms with E-state index in [4.69, 9.17) is 21.6 Å². The maximum absolute atomic E-state index is 6.22. The highest BCUT2D eigenvalue weighted by Crippen LogP contribution is 2.32. The molecule has 0 bridgehead atoms. The number of rotatable bonds is 8. The average molecular weight is 636 g/mol. The van der Waals surface area contributed by atoms with Gasteiger partial charge in [0, 0.05) is 57.6 Å². The molecule has 7 rings (SSSR count). The maximum Gasteiger partial charge on any atom is 0.163 e. The molecule has 0 fully saturated rings. The molecule has 6 heterocycles. The van der Waals surface area contributed by atoms with Crippen LogP contribution in [-0.2, 0) is 19.3 Å². The first-order chi connectivity index (χ1) is 21.6. The minimum absolute atomic E-state index is 0.516. The van der Waals surface area contributed by atoms with E-state index in [9.17, 15) is 0 Å². The molecule has 10 heteroatoms. The Bertz CT molecular complexity index is 1980. The van der Waals surface area contributed by atoms with Crippen molar-refractivity contribution in [3.63, 3.8) is 0 Å². The summed E-state index contributed by atoms with van der Waals surface area (Å²) < 4.78 is 0. The lowest BCUT2D eigenvalue weighted by Crippen LogP contribution is -2.07. The molecule has 1 aromatic carbocycles. The van der Waals surface area contributed by atoms with Crippen molar-refractivity contribution in [1.29, 1.82) is 0 Å². The van der Waals surface area contributed by atoms with Gasteiger partial charge in [0.1, 0.15) is 20.6 Å². The van der Waals surface area contributed by atoms with Crippen LogP contribution in [0.25, 0.3) is 43.2 Å².